The second kappa shape index (κ2) is 5.31. The molecule has 20 heavy (non-hydrogen) atoms. The second-order valence-electron chi connectivity index (χ2n) is 5.66. The summed E-state index contributed by atoms with van der Waals surface area (Å²) in [4.78, 5) is 11.7. The van der Waals surface area contributed by atoms with Gasteiger partial charge in [-0.2, -0.15) is 0 Å². The first-order chi connectivity index (χ1) is 9.72. The zero-order valence-corrected chi connectivity index (χ0v) is 12.2. The van der Waals surface area contributed by atoms with Crippen molar-refractivity contribution in [2.75, 3.05) is 7.11 Å². The molecule has 1 aromatic heterocycles. The highest BCUT2D eigenvalue weighted by Crippen LogP contribution is 2.39. The summed E-state index contributed by atoms with van der Waals surface area (Å²) in [7, 11) is 3.62. The maximum Gasteiger partial charge on any atom is 0.306 e. The molecule has 0 saturated carbocycles. The Kier molecular flexibility index (Phi) is 3.51. The van der Waals surface area contributed by atoms with Crippen LogP contribution in [0.15, 0.2) is 24.3 Å². The minimum atomic E-state index is -0.101. The number of carbonyl (C=O) groups excluding carboxylic acids is 1. The average Bonchev–Trinajstić information content (AvgIpc) is 2.63. The van der Waals surface area contributed by atoms with E-state index in [9.17, 15) is 4.79 Å². The van der Waals surface area contributed by atoms with Gasteiger partial charge < -0.3 is 9.30 Å². The topological polar surface area (TPSA) is 31.2 Å². The Balaban J connectivity index is 2.14. The highest BCUT2D eigenvalue weighted by atomic mass is 16.5. The third-order valence-corrected chi connectivity index (χ3v) is 4.54. The van der Waals surface area contributed by atoms with Gasteiger partial charge in [-0.3, -0.25) is 4.79 Å². The first-order valence-corrected chi connectivity index (χ1v) is 7.35. The third-order valence-electron chi connectivity index (χ3n) is 4.54. The molecule has 3 nitrogen and oxygen atoms in total. The molecule has 0 saturated heterocycles. The van der Waals surface area contributed by atoms with E-state index in [4.69, 9.17) is 4.74 Å². The van der Waals surface area contributed by atoms with E-state index in [1.54, 1.807) is 0 Å². The Bertz CT molecular complexity index is 642. The van der Waals surface area contributed by atoms with E-state index < -0.39 is 0 Å². The van der Waals surface area contributed by atoms with Crippen LogP contribution < -0.4 is 0 Å². The van der Waals surface area contributed by atoms with E-state index in [0.29, 0.717) is 12.3 Å². The van der Waals surface area contributed by atoms with Crippen molar-refractivity contribution in [1.82, 2.24) is 4.57 Å². The Morgan fingerprint density at radius 1 is 1.35 bits per heavy atom. The molecule has 1 unspecified atom stereocenters. The summed E-state index contributed by atoms with van der Waals surface area (Å²) in [5, 5.41) is 1.31. The molecule has 1 aliphatic rings. The van der Waals surface area contributed by atoms with Gasteiger partial charge >= 0.3 is 5.97 Å². The van der Waals surface area contributed by atoms with Crippen molar-refractivity contribution in [3.8, 4) is 0 Å². The molecule has 0 N–H and O–H groups in total. The first-order valence-electron chi connectivity index (χ1n) is 7.35. The first kappa shape index (κ1) is 13.2. The molecule has 3 heteroatoms. The zero-order chi connectivity index (χ0) is 14.1. The van der Waals surface area contributed by atoms with Crippen LogP contribution in [0.5, 0.6) is 0 Å². The number of carbonyl (C=O) groups is 1. The summed E-state index contributed by atoms with van der Waals surface area (Å²) < 4.78 is 7.19. The smallest absolute Gasteiger partial charge is 0.306 e. The van der Waals surface area contributed by atoms with Crippen LogP contribution in [0.2, 0.25) is 0 Å². The van der Waals surface area contributed by atoms with E-state index >= 15 is 0 Å². The number of nitrogens with zero attached hydrogens (tertiary/aromatic N) is 1. The molecule has 1 aromatic carbocycles. The lowest BCUT2D eigenvalue weighted by molar-refractivity contribution is -0.141. The molecule has 0 spiro atoms. The molecule has 0 amide bonds. The lowest BCUT2D eigenvalue weighted by atomic mass is 9.90. The van der Waals surface area contributed by atoms with Crippen LogP contribution in [0.1, 0.15) is 42.9 Å². The lowest BCUT2D eigenvalue weighted by Crippen LogP contribution is -2.09. The van der Waals surface area contributed by atoms with Gasteiger partial charge in [0.25, 0.3) is 0 Å². The van der Waals surface area contributed by atoms with Crippen LogP contribution in [-0.4, -0.2) is 17.6 Å². The van der Waals surface area contributed by atoms with Crippen LogP contribution in [0.3, 0.4) is 0 Å². The molecule has 0 fully saturated rings. The third kappa shape index (κ3) is 2.11. The Labute approximate surface area is 119 Å². The number of para-hydroxylation sites is 1. The highest BCUT2D eigenvalue weighted by molar-refractivity contribution is 5.87. The van der Waals surface area contributed by atoms with Crippen molar-refractivity contribution in [1.29, 1.82) is 0 Å². The number of methoxy groups -OCH3 is 1. The molecule has 3 rings (SSSR count). The van der Waals surface area contributed by atoms with Crippen molar-refractivity contribution in [3.05, 3.63) is 35.5 Å². The monoisotopic (exact) mass is 271 g/mol. The molecule has 0 aliphatic heterocycles. The largest absolute Gasteiger partial charge is 0.469 e. The number of benzene rings is 1. The van der Waals surface area contributed by atoms with Crippen molar-refractivity contribution in [2.24, 2.45) is 7.05 Å². The predicted molar refractivity (Wildman–Crippen MR) is 79.8 cm³/mol. The summed E-state index contributed by atoms with van der Waals surface area (Å²) in [6.07, 6.45) is 5.07. The highest BCUT2D eigenvalue weighted by Gasteiger charge is 2.26. The van der Waals surface area contributed by atoms with Crippen LogP contribution in [0, 0.1) is 0 Å². The summed E-state index contributed by atoms with van der Waals surface area (Å²) in [5.74, 6) is 0.196. The number of hydrogen-bond acceptors (Lipinski definition) is 2. The average molecular weight is 271 g/mol. The predicted octanol–water partition coefficient (Wildman–Crippen LogP) is 3.55. The van der Waals surface area contributed by atoms with Crippen LogP contribution in [0.4, 0.5) is 0 Å². The van der Waals surface area contributed by atoms with E-state index in [1.807, 2.05) is 0 Å². The Morgan fingerprint density at radius 2 is 2.15 bits per heavy atom. The summed E-state index contributed by atoms with van der Waals surface area (Å²) in [6.45, 7) is 0. The van der Waals surface area contributed by atoms with Gasteiger partial charge in [0.2, 0.25) is 0 Å². The van der Waals surface area contributed by atoms with Gasteiger partial charge in [-0.05, 0) is 36.8 Å². The fourth-order valence-electron chi connectivity index (χ4n) is 3.55. The number of fused-ring (bicyclic) bond motifs is 3. The normalized spacial score (nSPS) is 18.6. The summed E-state index contributed by atoms with van der Waals surface area (Å²) in [5.41, 5.74) is 4.05. The van der Waals surface area contributed by atoms with Crippen molar-refractivity contribution in [2.45, 2.75) is 38.0 Å². The quantitative estimate of drug-likeness (QED) is 0.618. The van der Waals surface area contributed by atoms with Crippen molar-refractivity contribution in [3.63, 3.8) is 0 Å². The SMILES string of the molecule is COC(=O)CC1CCCCc2c1c1ccccc1n2C. The van der Waals surface area contributed by atoms with E-state index in [2.05, 4.69) is 35.9 Å². The van der Waals surface area contributed by atoms with Crippen molar-refractivity contribution >= 4 is 16.9 Å². The molecule has 0 bridgehead atoms. The number of rotatable bonds is 2. The van der Waals surface area contributed by atoms with Gasteiger partial charge in [-0.15, -0.1) is 0 Å². The molecule has 1 aliphatic carbocycles. The fourth-order valence-corrected chi connectivity index (χ4v) is 3.55. The number of hydrogen-bond donors (Lipinski definition) is 0. The molecule has 106 valence electrons. The molecule has 0 radical (unpaired) electrons. The van der Waals surface area contributed by atoms with Gasteiger partial charge in [0.05, 0.1) is 13.5 Å². The minimum absolute atomic E-state index is 0.101. The van der Waals surface area contributed by atoms with Crippen LogP contribution in [-0.2, 0) is 23.0 Å². The maximum absolute atomic E-state index is 11.7. The fraction of sp³-hybridized carbons (Fsp3) is 0.471. The maximum atomic E-state index is 11.7. The standard InChI is InChI=1S/C17H21NO2/c1-18-14-9-6-4-8-13(14)17-12(11-16(19)20-2)7-3-5-10-15(17)18/h4,6,8-9,12H,3,5,7,10-11H2,1-2H3. The molecule has 1 atom stereocenters. The van der Waals surface area contributed by atoms with Gasteiger partial charge in [0.1, 0.15) is 0 Å². The van der Waals surface area contributed by atoms with Gasteiger partial charge in [-0.1, -0.05) is 24.6 Å². The minimum Gasteiger partial charge on any atom is -0.469 e. The number of ether oxygens (including phenoxy) is 1. The van der Waals surface area contributed by atoms with Crippen LogP contribution in [0.25, 0.3) is 10.9 Å². The van der Waals surface area contributed by atoms with Gasteiger partial charge in [0, 0.05) is 23.6 Å². The lowest BCUT2D eigenvalue weighted by Gasteiger charge is -2.14. The molecular weight excluding hydrogens is 250 g/mol. The summed E-state index contributed by atoms with van der Waals surface area (Å²) >= 11 is 0. The second-order valence-corrected chi connectivity index (χ2v) is 5.66. The van der Waals surface area contributed by atoms with Gasteiger partial charge in [0.15, 0.2) is 0 Å². The molecular formula is C17H21NO2. The Hall–Kier alpha value is -1.77. The number of esters is 1. The van der Waals surface area contributed by atoms with E-state index in [1.165, 1.54) is 42.1 Å². The number of aromatic nitrogens is 1. The molecule has 1 heterocycles. The zero-order valence-electron chi connectivity index (χ0n) is 12.2. The van der Waals surface area contributed by atoms with Crippen molar-refractivity contribution < 1.29 is 9.53 Å². The molecule has 2 aromatic rings. The Morgan fingerprint density at radius 3 is 2.95 bits per heavy atom. The van der Waals surface area contributed by atoms with E-state index in [-0.39, 0.29) is 5.97 Å². The summed E-state index contributed by atoms with van der Waals surface area (Å²) in [6, 6.07) is 8.52. The number of aryl methyl sites for hydroxylation is 1. The van der Waals surface area contributed by atoms with Crippen LogP contribution >= 0.6 is 0 Å². The van der Waals surface area contributed by atoms with Gasteiger partial charge in [-0.25, -0.2) is 0 Å². The van der Waals surface area contributed by atoms with E-state index in [0.717, 1.165) is 12.8 Å².